The van der Waals surface area contributed by atoms with E-state index in [9.17, 15) is 4.79 Å². The summed E-state index contributed by atoms with van der Waals surface area (Å²) in [6.07, 6.45) is 15.4. The number of carbonyl (C=O) groups excluding carboxylic acids is 1. The van der Waals surface area contributed by atoms with Gasteiger partial charge in [0.15, 0.2) is 12.5 Å². The van der Waals surface area contributed by atoms with Crippen LogP contribution in [0.1, 0.15) is 91.4 Å². The van der Waals surface area contributed by atoms with Crippen LogP contribution in [0.2, 0.25) is 0 Å². The van der Waals surface area contributed by atoms with Crippen LogP contribution < -0.4 is 0 Å². The lowest BCUT2D eigenvalue weighted by Gasteiger charge is -2.28. The molecule has 21 heavy (non-hydrogen) atoms. The summed E-state index contributed by atoms with van der Waals surface area (Å²) < 4.78 is 5.33. The summed E-state index contributed by atoms with van der Waals surface area (Å²) in [6.45, 7) is 6.48. The van der Waals surface area contributed by atoms with E-state index in [1.54, 1.807) is 0 Å². The van der Waals surface area contributed by atoms with Crippen molar-refractivity contribution >= 4 is 12.3 Å². The lowest BCUT2D eigenvalue weighted by Crippen LogP contribution is -2.34. The maximum absolute atomic E-state index is 11.6. The van der Waals surface area contributed by atoms with Crippen molar-refractivity contribution < 1.29 is 9.53 Å². The zero-order valence-electron chi connectivity index (χ0n) is 14.2. The molecule has 1 rings (SSSR count). The molecule has 0 saturated carbocycles. The van der Waals surface area contributed by atoms with Crippen LogP contribution in [0, 0.1) is 5.41 Å². The minimum absolute atomic E-state index is 0.103. The van der Waals surface area contributed by atoms with Crippen LogP contribution in [0.5, 0.6) is 0 Å². The second kappa shape index (κ2) is 9.97. The van der Waals surface area contributed by atoms with Crippen molar-refractivity contribution in [1.29, 1.82) is 0 Å². The van der Waals surface area contributed by atoms with Crippen LogP contribution in [0.3, 0.4) is 0 Å². The minimum Gasteiger partial charge on any atom is -0.469 e. The first-order chi connectivity index (χ1) is 10.1. The smallest absolute Gasteiger partial charge is 0.290 e. The van der Waals surface area contributed by atoms with Gasteiger partial charge in [-0.25, -0.2) is 0 Å². The third kappa shape index (κ3) is 7.10. The van der Waals surface area contributed by atoms with Crippen molar-refractivity contribution in [3.63, 3.8) is 0 Å². The van der Waals surface area contributed by atoms with Gasteiger partial charge in [-0.05, 0) is 6.42 Å². The number of unbranched alkanes of at least 4 members (excludes halogenated alkanes) is 9. The number of aliphatic imine (C=N–C) groups is 1. The van der Waals surface area contributed by atoms with E-state index >= 15 is 0 Å². The van der Waals surface area contributed by atoms with Crippen LogP contribution in [0.4, 0.5) is 0 Å². The molecule has 0 spiro atoms. The van der Waals surface area contributed by atoms with Crippen LogP contribution >= 0.6 is 0 Å². The average Bonchev–Trinajstić information content (AvgIpc) is 2.88. The van der Waals surface area contributed by atoms with E-state index in [-0.39, 0.29) is 17.4 Å². The highest BCUT2D eigenvalue weighted by molar-refractivity contribution is 5.92. The first kappa shape index (κ1) is 18.2. The zero-order valence-corrected chi connectivity index (χ0v) is 14.2. The molecule has 1 unspecified atom stereocenters. The largest absolute Gasteiger partial charge is 0.469 e. The number of ether oxygens (including phenoxy) is 1. The molecule has 3 nitrogen and oxygen atoms in total. The van der Waals surface area contributed by atoms with Gasteiger partial charge in [0.25, 0.3) is 5.91 Å². The Labute approximate surface area is 130 Å². The number of rotatable bonds is 12. The highest BCUT2D eigenvalue weighted by atomic mass is 16.5. The molecule has 0 fully saturated rings. The molecule has 0 bridgehead atoms. The van der Waals surface area contributed by atoms with Gasteiger partial charge in [-0.1, -0.05) is 85.0 Å². The van der Waals surface area contributed by atoms with Gasteiger partial charge in [-0.2, -0.15) is 4.99 Å². The molecule has 1 amide bonds. The van der Waals surface area contributed by atoms with Crippen molar-refractivity contribution in [2.24, 2.45) is 10.4 Å². The second-order valence-corrected chi connectivity index (χ2v) is 7.01. The Hall–Kier alpha value is -0.860. The molecule has 0 saturated heterocycles. The monoisotopic (exact) mass is 295 g/mol. The molecule has 1 aliphatic heterocycles. The highest BCUT2D eigenvalue weighted by Gasteiger charge is 2.38. The lowest BCUT2D eigenvalue weighted by molar-refractivity contribution is -0.127. The van der Waals surface area contributed by atoms with Crippen molar-refractivity contribution in [3.8, 4) is 0 Å². The summed E-state index contributed by atoms with van der Waals surface area (Å²) >= 11 is 0. The van der Waals surface area contributed by atoms with Crippen LogP contribution in [-0.2, 0) is 9.53 Å². The first-order valence-corrected chi connectivity index (χ1v) is 8.80. The Balaban J connectivity index is 1.97. The van der Waals surface area contributed by atoms with Crippen molar-refractivity contribution in [2.45, 2.75) is 97.5 Å². The molecule has 1 aliphatic rings. The van der Waals surface area contributed by atoms with Crippen molar-refractivity contribution in [3.05, 3.63) is 0 Å². The standard InChI is InChI=1S/C18H33NO2/c1-4-5-6-7-8-9-10-11-12-13-14-18(2,3)16-17(20)19-15-21-16/h15-16H,4-14H2,1-3H3. The fraction of sp³-hybridized carbons (Fsp3) is 0.889. The number of hydrogen-bond acceptors (Lipinski definition) is 2. The van der Waals surface area contributed by atoms with E-state index in [2.05, 4.69) is 25.8 Å². The number of nitrogens with zero attached hydrogens (tertiary/aromatic N) is 1. The second-order valence-electron chi connectivity index (χ2n) is 7.01. The number of carbonyl (C=O) groups is 1. The van der Waals surface area contributed by atoms with Crippen molar-refractivity contribution in [2.75, 3.05) is 0 Å². The van der Waals surface area contributed by atoms with Crippen LogP contribution in [-0.4, -0.2) is 18.4 Å². The minimum atomic E-state index is -0.365. The van der Waals surface area contributed by atoms with E-state index in [0.29, 0.717) is 0 Å². The molecule has 0 radical (unpaired) electrons. The Bertz CT molecular complexity index is 323. The van der Waals surface area contributed by atoms with Gasteiger partial charge in [0.2, 0.25) is 0 Å². The molecule has 3 heteroatoms. The Morgan fingerprint density at radius 1 is 1.00 bits per heavy atom. The van der Waals surface area contributed by atoms with Gasteiger partial charge in [0.05, 0.1) is 0 Å². The molecule has 0 aromatic carbocycles. The number of hydrogen-bond donors (Lipinski definition) is 0. The fourth-order valence-corrected chi connectivity index (χ4v) is 2.99. The molecule has 1 heterocycles. The predicted octanol–water partition coefficient (Wildman–Crippen LogP) is 5.28. The number of amides is 1. The van der Waals surface area contributed by atoms with Gasteiger partial charge in [0, 0.05) is 5.41 Å². The highest BCUT2D eigenvalue weighted by Crippen LogP contribution is 2.32. The normalized spacial score (nSPS) is 18.2. The summed E-state index contributed by atoms with van der Waals surface area (Å²) in [5, 5.41) is 0. The van der Waals surface area contributed by atoms with E-state index in [1.807, 2.05) is 0 Å². The Morgan fingerprint density at radius 3 is 2.00 bits per heavy atom. The summed E-state index contributed by atoms with van der Waals surface area (Å²) in [4.78, 5) is 15.3. The summed E-state index contributed by atoms with van der Waals surface area (Å²) in [5.41, 5.74) is -0.103. The summed E-state index contributed by atoms with van der Waals surface area (Å²) in [7, 11) is 0. The van der Waals surface area contributed by atoms with Gasteiger partial charge >= 0.3 is 0 Å². The van der Waals surface area contributed by atoms with E-state index in [1.165, 1.54) is 70.6 Å². The Kier molecular flexibility index (Phi) is 8.63. The van der Waals surface area contributed by atoms with Gasteiger partial charge < -0.3 is 4.74 Å². The third-order valence-corrected chi connectivity index (χ3v) is 4.49. The third-order valence-electron chi connectivity index (χ3n) is 4.49. The fourth-order valence-electron chi connectivity index (χ4n) is 2.99. The van der Waals surface area contributed by atoms with E-state index in [0.717, 1.165) is 6.42 Å². The Morgan fingerprint density at radius 2 is 1.52 bits per heavy atom. The lowest BCUT2D eigenvalue weighted by atomic mass is 9.81. The molecular weight excluding hydrogens is 262 g/mol. The SMILES string of the molecule is CCCCCCCCCCCCC(C)(C)C1OC=NC1=O. The molecule has 0 aromatic heterocycles. The van der Waals surface area contributed by atoms with Gasteiger partial charge in [-0.15, -0.1) is 0 Å². The molecule has 0 aliphatic carbocycles. The zero-order chi connectivity index (χ0) is 15.6. The van der Waals surface area contributed by atoms with Gasteiger partial charge in [0.1, 0.15) is 0 Å². The van der Waals surface area contributed by atoms with E-state index in [4.69, 9.17) is 4.74 Å². The topological polar surface area (TPSA) is 38.7 Å². The molecular formula is C18H33NO2. The average molecular weight is 295 g/mol. The molecule has 0 aromatic rings. The maximum atomic E-state index is 11.6. The van der Waals surface area contributed by atoms with Crippen molar-refractivity contribution in [1.82, 2.24) is 0 Å². The summed E-state index contributed by atoms with van der Waals surface area (Å²) in [5.74, 6) is -0.118. The first-order valence-electron chi connectivity index (χ1n) is 8.80. The molecule has 0 N–H and O–H groups in total. The van der Waals surface area contributed by atoms with Crippen LogP contribution in [0.25, 0.3) is 0 Å². The molecule has 122 valence electrons. The van der Waals surface area contributed by atoms with E-state index < -0.39 is 0 Å². The van der Waals surface area contributed by atoms with Gasteiger partial charge in [-0.3, -0.25) is 4.79 Å². The maximum Gasteiger partial charge on any atom is 0.290 e. The summed E-state index contributed by atoms with van der Waals surface area (Å²) in [6, 6.07) is 0. The quantitative estimate of drug-likeness (QED) is 0.460. The van der Waals surface area contributed by atoms with Crippen LogP contribution in [0.15, 0.2) is 4.99 Å². The molecule has 1 atom stereocenters. The predicted molar refractivity (Wildman–Crippen MR) is 88.6 cm³/mol.